The molecule has 0 unspecified atom stereocenters. The molecule has 0 aliphatic carbocycles. The number of halogens is 2. The number of ether oxygens (including phenoxy) is 2. The third-order valence-corrected chi connectivity index (χ3v) is 3.25. The molecule has 0 spiro atoms. The smallest absolute Gasteiger partial charge is 0.344 e. The van der Waals surface area contributed by atoms with Crippen molar-refractivity contribution in [2.75, 3.05) is 11.9 Å². The highest BCUT2D eigenvalue weighted by atomic mass is 19.1. The van der Waals surface area contributed by atoms with Crippen LogP contribution < -0.4 is 5.32 Å². The Morgan fingerprint density at radius 1 is 0.963 bits per heavy atom. The Kier molecular flexibility index (Phi) is 6.59. The number of benzene rings is 2. The Morgan fingerprint density at radius 3 is 2.11 bits per heavy atom. The lowest BCUT2D eigenvalue weighted by molar-refractivity contribution is -0.119. The molecule has 0 aliphatic rings. The van der Waals surface area contributed by atoms with Crippen LogP contribution in [0.25, 0.3) is 0 Å². The van der Waals surface area contributed by atoms with Crippen molar-refractivity contribution in [2.24, 2.45) is 0 Å². The van der Waals surface area contributed by atoms with Gasteiger partial charge in [0, 0.05) is 5.69 Å². The third kappa shape index (κ3) is 5.60. The van der Waals surface area contributed by atoms with Crippen molar-refractivity contribution < 1.29 is 32.6 Å². The maximum Gasteiger partial charge on any atom is 0.344 e. The van der Waals surface area contributed by atoms with E-state index >= 15 is 0 Å². The average Bonchev–Trinajstić information content (AvgIpc) is 2.60. The Bertz CT molecular complexity index is 829. The summed E-state index contributed by atoms with van der Waals surface area (Å²) in [6, 6.07) is 8.77. The molecule has 0 heterocycles. The normalized spacial score (nSPS) is 10.4. The number of anilines is 1. The van der Waals surface area contributed by atoms with Crippen LogP contribution in [0.15, 0.2) is 42.5 Å². The molecule has 2 aromatic carbocycles. The van der Waals surface area contributed by atoms with Crippen LogP contribution in [0.3, 0.4) is 0 Å². The fourth-order valence-corrected chi connectivity index (χ4v) is 2.06. The molecule has 27 heavy (non-hydrogen) atoms. The number of carbonyl (C=O) groups excluding carboxylic acids is 3. The zero-order valence-corrected chi connectivity index (χ0v) is 14.6. The molecule has 2 rings (SSSR count). The number of hydrogen-bond acceptors (Lipinski definition) is 5. The van der Waals surface area contributed by atoms with Gasteiger partial charge in [0.15, 0.2) is 6.61 Å². The predicted octanol–water partition coefficient (Wildman–Crippen LogP) is 3.33. The molecule has 0 aromatic heterocycles. The van der Waals surface area contributed by atoms with Gasteiger partial charge < -0.3 is 14.8 Å². The molecular weight excluding hydrogens is 360 g/mol. The standard InChI is InChI=1S/C19H17F2NO5/c1-11(2)27-18(24)12-6-8-13(9-7-12)22-16(23)10-26-19(25)17-14(20)4-3-5-15(17)21/h3-9,11H,10H2,1-2H3,(H,22,23). The third-order valence-electron chi connectivity index (χ3n) is 3.25. The SMILES string of the molecule is CC(C)OC(=O)c1ccc(NC(=O)COC(=O)c2c(F)cccc2F)cc1. The molecule has 6 nitrogen and oxygen atoms in total. The zero-order valence-electron chi connectivity index (χ0n) is 14.6. The van der Waals surface area contributed by atoms with Crippen molar-refractivity contribution in [3.8, 4) is 0 Å². The van der Waals surface area contributed by atoms with Crippen LogP contribution in [-0.4, -0.2) is 30.6 Å². The fourth-order valence-electron chi connectivity index (χ4n) is 2.06. The summed E-state index contributed by atoms with van der Waals surface area (Å²) in [4.78, 5) is 35.3. The zero-order chi connectivity index (χ0) is 20.0. The molecule has 2 aromatic rings. The first-order valence-electron chi connectivity index (χ1n) is 8.00. The van der Waals surface area contributed by atoms with Crippen LogP contribution in [0.1, 0.15) is 34.6 Å². The first kappa shape index (κ1) is 20.0. The van der Waals surface area contributed by atoms with Crippen molar-refractivity contribution >= 4 is 23.5 Å². The van der Waals surface area contributed by atoms with E-state index in [1.165, 1.54) is 24.3 Å². The van der Waals surface area contributed by atoms with E-state index in [-0.39, 0.29) is 6.10 Å². The second-order valence-electron chi connectivity index (χ2n) is 5.75. The maximum atomic E-state index is 13.5. The highest BCUT2D eigenvalue weighted by Crippen LogP contribution is 2.14. The van der Waals surface area contributed by atoms with E-state index in [1.54, 1.807) is 13.8 Å². The molecular formula is C19H17F2NO5. The molecule has 0 saturated heterocycles. The molecule has 0 bridgehead atoms. The van der Waals surface area contributed by atoms with E-state index in [2.05, 4.69) is 10.1 Å². The average molecular weight is 377 g/mol. The highest BCUT2D eigenvalue weighted by Gasteiger charge is 2.19. The van der Waals surface area contributed by atoms with Crippen molar-refractivity contribution in [3.63, 3.8) is 0 Å². The summed E-state index contributed by atoms with van der Waals surface area (Å²) in [6.07, 6.45) is -0.258. The molecule has 0 aliphatic heterocycles. The summed E-state index contributed by atoms with van der Waals surface area (Å²) in [6.45, 7) is 2.71. The van der Waals surface area contributed by atoms with Crippen molar-refractivity contribution in [1.82, 2.24) is 0 Å². The van der Waals surface area contributed by atoms with Gasteiger partial charge in [0.1, 0.15) is 17.2 Å². The summed E-state index contributed by atoms with van der Waals surface area (Å²) >= 11 is 0. The molecule has 0 fully saturated rings. The topological polar surface area (TPSA) is 81.7 Å². The number of rotatable bonds is 6. The van der Waals surface area contributed by atoms with Gasteiger partial charge in [-0.2, -0.15) is 0 Å². The molecule has 0 saturated carbocycles. The minimum Gasteiger partial charge on any atom is -0.459 e. The first-order chi connectivity index (χ1) is 12.8. The van der Waals surface area contributed by atoms with Gasteiger partial charge in [-0.3, -0.25) is 4.79 Å². The lowest BCUT2D eigenvalue weighted by Crippen LogP contribution is -2.22. The van der Waals surface area contributed by atoms with Crippen LogP contribution in [0.5, 0.6) is 0 Å². The summed E-state index contributed by atoms with van der Waals surface area (Å²) in [5, 5.41) is 2.43. The van der Waals surface area contributed by atoms with E-state index in [1.807, 2.05) is 0 Å². The summed E-state index contributed by atoms with van der Waals surface area (Å²) in [5.74, 6) is -4.65. The lowest BCUT2D eigenvalue weighted by atomic mass is 10.2. The van der Waals surface area contributed by atoms with Gasteiger partial charge >= 0.3 is 11.9 Å². The monoisotopic (exact) mass is 377 g/mol. The Morgan fingerprint density at radius 2 is 1.56 bits per heavy atom. The van der Waals surface area contributed by atoms with Gasteiger partial charge in [-0.25, -0.2) is 18.4 Å². The Labute approximate surface area is 154 Å². The Balaban J connectivity index is 1.90. The second-order valence-corrected chi connectivity index (χ2v) is 5.75. The van der Waals surface area contributed by atoms with Crippen LogP contribution in [-0.2, 0) is 14.3 Å². The van der Waals surface area contributed by atoms with Crippen LogP contribution in [0, 0.1) is 11.6 Å². The highest BCUT2D eigenvalue weighted by molar-refractivity contribution is 5.96. The summed E-state index contributed by atoms with van der Waals surface area (Å²) in [5.41, 5.74) is -0.212. The van der Waals surface area contributed by atoms with Gasteiger partial charge in [0.05, 0.1) is 11.7 Å². The van der Waals surface area contributed by atoms with E-state index in [0.717, 1.165) is 18.2 Å². The van der Waals surface area contributed by atoms with Gasteiger partial charge in [0.2, 0.25) is 0 Å². The largest absolute Gasteiger partial charge is 0.459 e. The van der Waals surface area contributed by atoms with Gasteiger partial charge in [-0.1, -0.05) is 6.07 Å². The van der Waals surface area contributed by atoms with Gasteiger partial charge in [0.25, 0.3) is 5.91 Å². The molecule has 142 valence electrons. The molecule has 8 heteroatoms. The minimum atomic E-state index is -1.28. The number of carbonyl (C=O) groups is 3. The van der Waals surface area contributed by atoms with E-state index in [0.29, 0.717) is 11.3 Å². The van der Waals surface area contributed by atoms with Crippen molar-refractivity contribution in [3.05, 3.63) is 65.2 Å². The van der Waals surface area contributed by atoms with Gasteiger partial charge in [-0.05, 0) is 50.2 Å². The Hall–Kier alpha value is -3.29. The van der Waals surface area contributed by atoms with Crippen LogP contribution in [0.4, 0.5) is 14.5 Å². The van der Waals surface area contributed by atoms with Crippen molar-refractivity contribution in [1.29, 1.82) is 0 Å². The quantitative estimate of drug-likeness (QED) is 0.781. The van der Waals surface area contributed by atoms with E-state index in [4.69, 9.17) is 4.74 Å². The number of esters is 2. The summed E-state index contributed by atoms with van der Waals surface area (Å²) in [7, 11) is 0. The summed E-state index contributed by atoms with van der Waals surface area (Å²) < 4.78 is 36.6. The van der Waals surface area contributed by atoms with Crippen molar-refractivity contribution in [2.45, 2.75) is 20.0 Å². The first-order valence-corrected chi connectivity index (χ1v) is 8.00. The number of hydrogen-bond donors (Lipinski definition) is 1. The van der Waals surface area contributed by atoms with E-state index in [9.17, 15) is 23.2 Å². The van der Waals surface area contributed by atoms with Crippen LogP contribution >= 0.6 is 0 Å². The molecule has 0 radical (unpaired) electrons. The fraction of sp³-hybridized carbons (Fsp3) is 0.211. The molecule has 1 N–H and O–H groups in total. The minimum absolute atomic E-state index is 0.258. The predicted molar refractivity (Wildman–Crippen MR) is 92.3 cm³/mol. The van der Waals surface area contributed by atoms with E-state index < -0.39 is 41.7 Å². The number of amides is 1. The van der Waals surface area contributed by atoms with Gasteiger partial charge in [-0.15, -0.1) is 0 Å². The second kappa shape index (κ2) is 8.88. The molecule has 0 atom stereocenters. The lowest BCUT2D eigenvalue weighted by Gasteiger charge is -2.09. The maximum absolute atomic E-state index is 13.5. The molecule has 1 amide bonds. The van der Waals surface area contributed by atoms with Crippen LogP contribution in [0.2, 0.25) is 0 Å². The number of nitrogens with one attached hydrogen (secondary N) is 1.